The molecule has 0 unspecified atom stereocenters. The van der Waals surface area contributed by atoms with Crippen molar-refractivity contribution in [2.24, 2.45) is 0 Å². The minimum Gasteiger partial charge on any atom is -0.425 e. The fraction of sp³-hybridized carbons (Fsp3) is 0.0909. The summed E-state index contributed by atoms with van der Waals surface area (Å²) in [5.74, 6) is -2.89. The standard InChI is InChI=1S/C22H13Cl2F4NO3/c23-14-4-8-18(17(24)11-14)29-21(31)16-7-3-13(22(26,27)28)10-19(16)32-20(30)9-12-1-5-15(25)6-2-12/h1-8,10-11H,9H2,(H,29,31). The van der Waals surface area contributed by atoms with E-state index in [9.17, 15) is 27.2 Å². The van der Waals surface area contributed by atoms with E-state index >= 15 is 0 Å². The highest BCUT2D eigenvalue weighted by molar-refractivity contribution is 6.36. The van der Waals surface area contributed by atoms with Gasteiger partial charge in [-0.3, -0.25) is 9.59 Å². The van der Waals surface area contributed by atoms with Gasteiger partial charge in [-0.15, -0.1) is 0 Å². The Morgan fingerprint density at radius 2 is 1.62 bits per heavy atom. The molecule has 1 amide bonds. The third kappa shape index (κ3) is 5.99. The zero-order valence-corrected chi connectivity index (χ0v) is 17.5. The van der Waals surface area contributed by atoms with Gasteiger partial charge in [-0.25, -0.2) is 4.39 Å². The Morgan fingerprint density at radius 3 is 2.25 bits per heavy atom. The predicted octanol–water partition coefficient (Wildman–Crippen LogP) is 6.55. The van der Waals surface area contributed by atoms with Gasteiger partial charge in [-0.1, -0.05) is 35.3 Å². The molecule has 0 aromatic heterocycles. The van der Waals surface area contributed by atoms with Gasteiger partial charge in [0.2, 0.25) is 0 Å². The zero-order valence-electron chi connectivity index (χ0n) is 16.0. The van der Waals surface area contributed by atoms with Gasteiger partial charge in [-0.2, -0.15) is 13.2 Å². The van der Waals surface area contributed by atoms with Gasteiger partial charge in [-0.05, 0) is 54.1 Å². The van der Waals surface area contributed by atoms with Crippen LogP contribution < -0.4 is 10.1 Å². The second-order valence-corrected chi connectivity index (χ2v) is 7.41. The Labute approximate surface area is 189 Å². The van der Waals surface area contributed by atoms with Crippen LogP contribution in [0.5, 0.6) is 5.75 Å². The smallest absolute Gasteiger partial charge is 0.416 e. The van der Waals surface area contributed by atoms with E-state index in [1.54, 1.807) is 0 Å². The maximum Gasteiger partial charge on any atom is 0.416 e. The Bertz CT molecular complexity index is 1160. The second kappa shape index (κ2) is 9.58. The maximum absolute atomic E-state index is 13.2. The largest absolute Gasteiger partial charge is 0.425 e. The number of alkyl halides is 3. The Hall–Kier alpha value is -3.10. The number of halogens is 6. The average molecular weight is 486 g/mol. The first kappa shape index (κ1) is 23.6. The van der Waals surface area contributed by atoms with Crippen LogP contribution in [0.2, 0.25) is 10.0 Å². The predicted molar refractivity (Wildman–Crippen MR) is 112 cm³/mol. The number of nitrogens with one attached hydrogen (secondary N) is 1. The van der Waals surface area contributed by atoms with Gasteiger partial charge in [0.05, 0.1) is 28.3 Å². The first-order valence-corrected chi connectivity index (χ1v) is 9.71. The highest BCUT2D eigenvalue weighted by Gasteiger charge is 2.32. The number of hydrogen-bond acceptors (Lipinski definition) is 3. The van der Waals surface area contributed by atoms with E-state index in [1.165, 1.54) is 30.3 Å². The highest BCUT2D eigenvalue weighted by atomic mass is 35.5. The fourth-order valence-corrected chi connectivity index (χ4v) is 3.13. The Morgan fingerprint density at radius 1 is 0.938 bits per heavy atom. The molecule has 0 aliphatic rings. The van der Waals surface area contributed by atoms with E-state index in [1.807, 2.05) is 0 Å². The zero-order chi connectivity index (χ0) is 23.5. The van der Waals surface area contributed by atoms with Crippen molar-refractivity contribution < 1.29 is 31.9 Å². The second-order valence-electron chi connectivity index (χ2n) is 6.56. The summed E-state index contributed by atoms with van der Waals surface area (Å²) in [7, 11) is 0. The molecular formula is C22H13Cl2F4NO3. The van der Waals surface area contributed by atoms with Crippen LogP contribution in [-0.4, -0.2) is 11.9 Å². The van der Waals surface area contributed by atoms with Crippen molar-refractivity contribution in [1.82, 2.24) is 0 Å². The Kier molecular flexibility index (Phi) is 7.06. The number of rotatable bonds is 5. The number of carbonyl (C=O) groups excluding carboxylic acids is 2. The molecule has 0 fully saturated rings. The number of anilines is 1. The summed E-state index contributed by atoms with van der Waals surface area (Å²) >= 11 is 11.8. The van der Waals surface area contributed by atoms with E-state index in [4.69, 9.17) is 27.9 Å². The van der Waals surface area contributed by atoms with Crippen LogP contribution in [0.3, 0.4) is 0 Å². The number of ether oxygens (including phenoxy) is 1. The molecule has 0 heterocycles. The SMILES string of the molecule is O=C(Cc1ccc(F)cc1)Oc1cc(C(F)(F)F)ccc1C(=O)Nc1ccc(Cl)cc1Cl. The molecule has 32 heavy (non-hydrogen) atoms. The van der Waals surface area contributed by atoms with Gasteiger partial charge < -0.3 is 10.1 Å². The maximum atomic E-state index is 13.2. The van der Waals surface area contributed by atoms with Crippen LogP contribution in [0.15, 0.2) is 60.7 Å². The summed E-state index contributed by atoms with van der Waals surface area (Å²) in [6.07, 6.45) is -5.08. The third-order valence-electron chi connectivity index (χ3n) is 4.22. The molecule has 3 aromatic carbocycles. The minimum absolute atomic E-state index is 0.104. The van der Waals surface area contributed by atoms with Crippen molar-refractivity contribution in [3.63, 3.8) is 0 Å². The van der Waals surface area contributed by atoms with Crippen LogP contribution in [0.4, 0.5) is 23.2 Å². The summed E-state index contributed by atoms with van der Waals surface area (Å²) < 4.78 is 57.6. The molecule has 0 saturated heterocycles. The van der Waals surface area contributed by atoms with Crippen molar-refractivity contribution in [2.45, 2.75) is 12.6 Å². The third-order valence-corrected chi connectivity index (χ3v) is 4.77. The number of amides is 1. The van der Waals surface area contributed by atoms with E-state index < -0.39 is 35.2 Å². The topological polar surface area (TPSA) is 55.4 Å². The lowest BCUT2D eigenvalue weighted by atomic mass is 10.1. The summed E-state index contributed by atoms with van der Waals surface area (Å²) in [6, 6.07) is 11.3. The number of carbonyl (C=O) groups is 2. The molecule has 3 aromatic rings. The molecule has 166 valence electrons. The summed E-state index contributed by atoms with van der Waals surface area (Å²) in [4.78, 5) is 25.0. The van der Waals surface area contributed by atoms with E-state index in [-0.39, 0.29) is 22.7 Å². The van der Waals surface area contributed by atoms with Crippen molar-refractivity contribution in [1.29, 1.82) is 0 Å². The molecular weight excluding hydrogens is 473 g/mol. The summed E-state index contributed by atoms with van der Waals surface area (Å²) in [5.41, 5.74) is -0.897. The Balaban J connectivity index is 1.88. The van der Waals surface area contributed by atoms with Crippen molar-refractivity contribution in [3.8, 4) is 5.75 Å². The van der Waals surface area contributed by atoms with Gasteiger partial charge >= 0.3 is 12.1 Å². The van der Waals surface area contributed by atoms with Crippen molar-refractivity contribution in [3.05, 3.63) is 93.2 Å². The molecule has 0 spiro atoms. The van der Waals surface area contributed by atoms with Crippen molar-refractivity contribution >= 4 is 40.8 Å². The molecule has 0 aliphatic carbocycles. The molecule has 1 N–H and O–H groups in total. The van der Waals surface area contributed by atoms with Crippen LogP contribution in [-0.2, 0) is 17.4 Å². The average Bonchev–Trinajstić information content (AvgIpc) is 2.71. The van der Waals surface area contributed by atoms with Crippen LogP contribution in [0.25, 0.3) is 0 Å². The molecule has 10 heteroatoms. The molecule has 3 rings (SSSR count). The van der Waals surface area contributed by atoms with Crippen LogP contribution >= 0.6 is 23.2 Å². The highest BCUT2D eigenvalue weighted by Crippen LogP contribution is 2.34. The van der Waals surface area contributed by atoms with E-state index in [2.05, 4.69) is 5.32 Å². The lowest BCUT2D eigenvalue weighted by Gasteiger charge is -2.14. The molecule has 0 saturated carbocycles. The minimum atomic E-state index is -4.73. The number of esters is 1. The van der Waals surface area contributed by atoms with Gasteiger partial charge in [0, 0.05) is 5.02 Å². The quantitative estimate of drug-likeness (QED) is 0.253. The first-order chi connectivity index (χ1) is 15.0. The molecule has 0 radical (unpaired) electrons. The lowest BCUT2D eigenvalue weighted by Crippen LogP contribution is -2.18. The van der Waals surface area contributed by atoms with Gasteiger partial charge in [0.15, 0.2) is 0 Å². The number of hydrogen-bond donors (Lipinski definition) is 1. The van der Waals surface area contributed by atoms with E-state index in [0.717, 1.165) is 18.2 Å². The lowest BCUT2D eigenvalue weighted by molar-refractivity contribution is -0.139. The first-order valence-electron chi connectivity index (χ1n) is 8.95. The summed E-state index contributed by atoms with van der Waals surface area (Å²) in [6.45, 7) is 0. The molecule has 4 nitrogen and oxygen atoms in total. The molecule has 0 atom stereocenters. The molecule has 0 aliphatic heterocycles. The molecule has 0 bridgehead atoms. The number of benzene rings is 3. The van der Waals surface area contributed by atoms with Gasteiger partial charge in [0.1, 0.15) is 11.6 Å². The van der Waals surface area contributed by atoms with E-state index in [0.29, 0.717) is 22.7 Å². The van der Waals surface area contributed by atoms with Crippen molar-refractivity contribution in [2.75, 3.05) is 5.32 Å². The van der Waals surface area contributed by atoms with Crippen LogP contribution in [0, 0.1) is 5.82 Å². The normalized spacial score (nSPS) is 11.2. The fourth-order valence-electron chi connectivity index (χ4n) is 2.68. The summed E-state index contributed by atoms with van der Waals surface area (Å²) in [5, 5.41) is 2.86. The van der Waals surface area contributed by atoms with Crippen LogP contribution in [0.1, 0.15) is 21.5 Å². The van der Waals surface area contributed by atoms with Gasteiger partial charge in [0.25, 0.3) is 5.91 Å². The monoisotopic (exact) mass is 485 g/mol.